The molecule has 3 rings (SSSR count). The molecule has 116 valence electrons. The van der Waals surface area contributed by atoms with Gasteiger partial charge in [0.05, 0.1) is 32.0 Å². The molecule has 21 heavy (non-hydrogen) atoms. The molecule has 1 saturated heterocycles. The minimum absolute atomic E-state index is 0.313. The molecule has 1 fully saturated rings. The summed E-state index contributed by atoms with van der Waals surface area (Å²) in [6.07, 6.45) is 3.67. The lowest BCUT2D eigenvalue weighted by Crippen LogP contribution is -2.31. The molecule has 2 aliphatic heterocycles. The first kappa shape index (κ1) is 15.0. The highest BCUT2D eigenvalue weighted by atomic mass is 16.5. The summed E-state index contributed by atoms with van der Waals surface area (Å²) in [6.45, 7) is 4.88. The summed E-state index contributed by atoms with van der Waals surface area (Å²) in [7, 11) is 0. The van der Waals surface area contributed by atoms with Gasteiger partial charge in [0, 0.05) is 13.2 Å². The zero-order chi connectivity index (χ0) is 14.3. The van der Waals surface area contributed by atoms with Crippen LogP contribution in [0.25, 0.3) is 0 Å². The predicted octanol–water partition coefficient (Wildman–Crippen LogP) is 2.43. The van der Waals surface area contributed by atoms with E-state index < -0.39 is 0 Å². The first-order valence-corrected chi connectivity index (χ1v) is 8.02. The Kier molecular flexibility index (Phi) is 5.63. The van der Waals surface area contributed by atoms with Crippen LogP contribution in [0.5, 0.6) is 0 Å². The maximum Gasteiger partial charge on any atom is 0.0809 e. The van der Waals surface area contributed by atoms with E-state index in [1.54, 1.807) is 0 Å². The fourth-order valence-electron chi connectivity index (χ4n) is 2.99. The first-order chi connectivity index (χ1) is 10.4. The molecule has 0 bridgehead atoms. The van der Waals surface area contributed by atoms with Gasteiger partial charge in [-0.05, 0) is 36.9 Å². The van der Waals surface area contributed by atoms with Crippen molar-refractivity contribution in [2.75, 3.05) is 33.0 Å². The van der Waals surface area contributed by atoms with Crippen molar-refractivity contribution in [1.29, 1.82) is 0 Å². The Labute approximate surface area is 126 Å². The molecular formula is C17H25NO3. The summed E-state index contributed by atoms with van der Waals surface area (Å²) in [4.78, 5) is 0. The van der Waals surface area contributed by atoms with Crippen molar-refractivity contribution in [3.05, 3.63) is 35.4 Å². The van der Waals surface area contributed by atoms with Gasteiger partial charge in [-0.2, -0.15) is 0 Å². The van der Waals surface area contributed by atoms with E-state index in [4.69, 9.17) is 14.2 Å². The third kappa shape index (κ3) is 4.27. The van der Waals surface area contributed by atoms with Crippen LogP contribution in [0.2, 0.25) is 0 Å². The van der Waals surface area contributed by atoms with E-state index in [2.05, 4.69) is 29.6 Å². The SMILES string of the molecule is c1ccc2c(c1)COCC2NCCCOCC1CCCO1. The molecule has 0 amide bonds. The standard InChI is InChI=1S/C17H25NO3/c1-2-7-16-14(5-1)11-20-13-17(16)18-8-4-9-19-12-15-6-3-10-21-15/h1-2,5,7,15,17-18H,3-4,6,8-13H2. The summed E-state index contributed by atoms with van der Waals surface area (Å²) >= 11 is 0. The molecule has 4 heteroatoms. The molecule has 1 aromatic carbocycles. The maximum absolute atomic E-state index is 5.68. The van der Waals surface area contributed by atoms with Crippen molar-refractivity contribution >= 4 is 0 Å². The van der Waals surface area contributed by atoms with Crippen molar-refractivity contribution in [2.24, 2.45) is 0 Å². The van der Waals surface area contributed by atoms with E-state index in [0.29, 0.717) is 12.1 Å². The fourth-order valence-corrected chi connectivity index (χ4v) is 2.99. The zero-order valence-electron chi connectivity index (χ0n) is 12.6. The van der Waals surface area contributed by atoms with Crippen LogP contribution >= 0.6 is 0 Å². The highest BCUT2D eigenvalue weighted by Crippen LogP contribution is 2.24. The molecule has 0 radical (unpaired) electrons. The van der Waals surface area contributed by atoms with E-state index in [9.17, 15) is 0 Å². The molecule has 0 aromatic heterocycles. The van der Waals surface area contributed by atoms with Gasteiger partial charge in [-0.3, -0.25) is 0 Å². The van der Waals surface area contributed by atoms with E-state index >= 15 is 0 Å². The van der Waals surface area contributed by atoms with Crippen LogP contribution in [0.3, 0.4) is 0 Å². The van der Waals surface area contributed by atoms with Crippen LogP contribution in [0, 0.1) is 0 Å². The van der Waals surface area contributed by atoms with Crippen molar-refractivity contribution in [1.82, 2.24) is 5.32 Å². The van der Waals surface area contributed by atoms with E-state index in [-0.39, 0.29) is 0 Å². The van der Waals surface area contributed by atoms with Gasteiger partial charge in [-0.15, -0.1) is 0 Å². The van der Waals surface area contributed by atoms with Crippen molar-refractivity contribution < 1.29 is 14.2 Å². The van der Waals surface area contributed by atoms with Gasteiger partial charge in [0.25, 0.3) is 0 Å². The molecule has 2 unspecified atom stereocenters. The van der Waals surface area contributed by atoms with Gasteiger partial charge in [0.15, 0.2) is 0 Å². The minimum Gasteiger partial charge on any atom is -0.379 e. The molecular weight excluding hydrogens is 266 g/mol. The molecule has 4 nitrogen and oxygen atoms in total. The Hall–Kier alpha value is -0.940. The largest absolute Gasteiger partial charge is 0.379 e. The first-order valence-electron chi connectivity index (χ1n) is 8.02. The summed E-state index contributed by atoms with van der Waals surface area (Å²) in [5.74, 6) is 0. The Morgan fingerprint density at radius 1 is 1.29 bits per heavy atom. The molecule has 1 N–H and O–H groups in total. The smallest absolute Gasteiger partial charge is 0.0809 e. The minimum atomic E-state index is 0.313. The summed E-state index contributed by atoms with van der Waals surface area (Å²) in [5.41, 5.74) is 2.68. The molecule has 0 spiro atoms. The lowest BCUT2D eigenvalue weighted by Gasteiger charge is -2.26. The Balaban J connectivity index is 1.32. The van der Waals surface area contributed by atoms with Crippen LogP contribution in [-0.2, 0) is 20.8 Å². The highest BCUT2D eigenvalue weighted by molar-refractivity contribution is 5.30. The maximum atomic E-state index is 5.68. The van der Waals surface area contributed by atoms with Crippen LogP contribution in [0.4, 0.5) is 0 Å². The van der Waals surface area contributed by atoms with Crippen LogP contribution < -0.4 is 5.32 Å². The average molecular weight is 291 g/mol. The number of benzene rings is 1. The summed E-state index contributed by atoms with van der Waals surface area (Å²) in [6, 6.07) is 8.83. The topological polar surface area (TPSA) is 39.7 Å². The quantitative estimate of drug-likeness (QED) is 0.783. The van der Waals surface area contributed by atoms with Gasteiger partial charge in [-0.1, -0.05) is 24.3 Å². The Bertz CT molecular complexity index is 432. The van der Waals surface area contributed by atoms with Gasteiger partial charge >= 0.3 is 0 Å². The van der Waals surface area contributed by atoms with E-state index in [0.717, 1.165) is 52.4 Å². The molecule has 2 atom stereocenters. The fraction of sp³-hybridized carbons (Fsp3) is 0.647. The number of hydrogen-bond donors (Lipinski definition) is 1. The molecule has 2 heterocycles. The lowest BCUT2D eigenvalue weighted by atomic mass is 9.99. The predicted molar refractivity (Wildman–Crippen MR) is 81.3 cm³/mol. The number of fused-ring (bicyclic) bond motifs is 1. The van der Waals surface area contributed by atoms with Gasteiger partial charge < -0.3 is 19.5 Å². The molecule has 2 aliphatic rings. The normalized spacial score (nSPS) is 25.0. The van der Waals surface area contributed by atoms with Crippen molar-refractivity contribution in [3.8, 4) is 0 Å². The van der Waals surface area contributed by atoms with E-state index in [1.807, 2.05) is 0 Å². The second kappa shape index (κ2) is 7.90. The Morgan fingerprint density at radius 2 is 2.24 bits per heavy atom. The molecule has 1 aromatic rings. The van der Waals surface area contributed by atoms with Gasteiger partial charge in [-0.25, -0.2) is 0 Å². The summed E-state index contributed by atoms with van der Waals surface area (Å²) < 4.78 is 16.9. The monoisotopic (exact) mass is 291 g/mol. The van der Waals surface area contributed by atoms with Crippen LogP contribution in [0.1, 0.15) is 36.4 Å². The van der Waals surface area contributed by atoms with Crippen molar-refractivity contribution in [3.63, 3.8) is 0 Å². The van der Waals surface area contributed by atoms with E-state index in [1.165, 1.54) is 17.5 Å². The second-order valence-corrected chi connectivity index (χ2v) is 5.78. The Morgan fingerprint density at radius 3 is 3.14 bits per heavy atom. The second-order valence-electron chi connectivity index (χ2n) is 5.78. The van der Waals surface area contributed by atoms with Gasteiger partial charge in [0.2, 0.25) is 0 Å². The summed E-state index contributed by atoms with van der Waals surface area (Å²) in [5, 5.41) is 3.57. The number of ether oxygens (including phenoxy) is 3. The average Bonchev–Trinajstić information content (AvgIpc) is 3.04. The van der Waals surface area contributed by atoms with Gasteiger partial charge in [0.1, 0.15) is 0 Å². The van der Waals surface area contributed by atoms with Crippen LogP contribution in [-0.4, -0.2) is 39.1 Å². The zero-order valence-corrected chi connectivity index (χ0v) is 12.6. The van der Waals surface area contributed by atoms with Crippen LogP contribution in [0.15, 0.2) is 24.3 Å². The van der Waals surface area contributed by atoms with Crippen molar-refractivity contribution in [2.45, 2.75) is 38.0 Å². The number of rotatable bonds is 7. The third-order valence-electron chi connectivity index (χ3n) is 4.16. The molecule has 0 saturated carbocycles. The highest BCUT2D eigenvalue weighted by Gasteiger charge is 2.19. The molecule has 0 aliphatic carbocycles. The number of nitrogens with one attached hydrogen (secondary N) is 1. The third-order valence-corrected chi connectivity index (χ3v) is 4.16. The number of hydrogen-bond acceptors (Lipinski definition) is 4. The lowest BCUT2D eigenvalue weighted by molar-refractivity contribution is 0.0161.